The highest BCUT2D eigenvalue weighted by atomic mass is 32.1. The lowest BCUT2D eigenvalue weighted by Gasteiger charge is -2.00. The van der Waals surface area contributed by atoms with Crippen LogP contribution in [0.4, 0.5) is 5.13 Å². The van der Waals surface area contributed by atoms with E-state index in [0.717, 1.165) is 28.7 Å². The summed E-state index contributed by atoms with van der Waals surface area (Å²) in [5, 5.41) is 3.37. The quantitative estimate of drug-likeness (QED) is 0.795. The molecule has 0 saturated heterocycles. The number of thiazole rings is 1. The first-order valence-corrected chi connectivity index (χ1v) is 8.27. The van der Waals surface area contributed by atoms with Gasteiger partial charge in [0.15, 0.2) is 10.8 Å². The SMILES string of the molecule is Cc1ccc(Cc2sc(NC(=O)c3cnsn3)nc2C)cc1. The van der Waals surface area contributed by atoms with Gasteiger partial charge in [0.1, 0.15) is 0 Å². The van der Waals surface area contributed by atoms with Crippen molar-refractivity contribution in [3.63, 3.8) is 0 Å². The molecule has 0 aliphatic carbocycles. The predicted molar refractivity (Wildman–Crippen MR) is 88.7 cm³/mol. The number of aryl methyl sites for hydroxylation is 2. The minimum Gasteiger partial charge on any atom is -0.296 e. The van der Waals surface area contributed by atoms with Crippen LogP contribution in [0.3, 0.4) is 0 Å². The molecule has 0 aliphatic rings. The van der Waals surface area contributed by atoms with E-state index >= 15 is 0 Å². The third-order valence-electron chi connectivity index (χ3n) is 3.19. The summed E-state index contributed by atoms with van der Waals surface area (Å²) in [7, 11) is 0. The van der Waals surface area contributed by atoms with E-state index in [1.165, 1.54) is 28.7 Å². The average molecular weight is 330 g/mol. The highest BCUT2D eigenvalue weighted by Gasteiger charge is 2.13. The molecule has 0 spiro atoms. The van der Waals surface area contributed by atoms with Crippen LogP contribution in [0.1, 0.15) is 32.2 Å². The van der Waals surface area contributed by atoms with Crippen LogP contribution in [0, 0.1) is 13.8 Å². The number of nitrogens with zero attached hydrogens (tertiary/aromatic N) is 3. The summed E-state index contributed by atoms with van der Waals surface area (Å²) in [4.78, 5) is 17.5. The maximum atomic E-state index is 12.0. The normalized spacial score (nSPS) is 10.6. The molecule has 0 radical (unpaired) electrons. The minimum absolute atomic E-state index is 0.274. The Bertz CT molecular complexity index is 778. The van der Waals surface area contributed by atoms with Gasteiger partial charge in [-0.3, -0.25) is 10.1 Å². The topological polar surface area (TPSA) is 67.8 Å². The number of hydrogen-bond acceptors (Lipinski definition) is 6. The summed E-state index contributed by atoms with van der Waals surface area (Å²) in [6.07, 6.45) is 2.27. The molecular weight excluding hydrogens is 316 g/mol. The van der Waals surface area contributed by atoms with Crippen molar-refractivity contribution in [3.8, 4) is 0 Å². The van der Waals surface area contributed by atoms with E-state index in [9.17, 15) is 4.79 Å². The molecule has 3 aromatic rings. The van der Waals surface area contributed by atoms with E-state index in [1.54, 1.807) is 0 Å². The Kier molecular flexibility index (Phi) is 4.26. The molecule has 112 valence electrons. The van der Waals surface area contributed by atoms with E-state index < -0.39 is 0 Å². The maximum Gasteiger partial charge on any atom is 0.278 e. The first kappa shape index (κ1) is 14.8. The highest BCUT2D eigenvalue weighted by Crippen LogP contribution is 2.25. The van der Waals surface area contributed by atoms with Crippen molar-refractivity contribution < 1.29 is 4.79 Å². The van der Waals surface area contributed by atoms with Crippen LogP contribution in [-0.2, 0) is 6.42 Å². The highest BCUT2D eigenvalue weighted by molar-refractivity contribution is 7.15. The van der Waals surface area contributed by atoms with Gasteiger partial charge in [0, 0.05) is 11.3 Å². The molecule has 0 atom stereocenters. The van der Waals surface area contributed by atoms with Gasteiger partial charge in [0.2, 0.25) is 0 Å². The van der Waals surface area contributed by atoms with Crippen LogP contribution in [0.25, 0.3) is 0 Å². The second-order valence-electron chi connectivity index (χ2n) is 4.94. The maximum absolute atomic E-state index is 12.0. The Morgan fingerprint density at radius 1 is 1.23 bits per heavy atom. The van der Waals surface area contributed by atoms with Crippen LogP contribution in [0.15, 0.2) is 30.5 Å². The van der Waals surface area contributed by atoms with E-state index in [4.69, 9.17) is 0 Å². The molecule has 5 nitrogen and oxygen atoms in total. The fourth-order valence-electron chi connectivity index (χ4n) is 1.96. The molecule has 7 heteroatoms. The fraction of sp³-hybridized carbons (Fsp3) is 0.200. The molecule has 0 fully saturated rings. The number of carbonyl (C=O) groups is 1. The summed E-state index contributed by atoms with van der Waals surface area (Å²) in [5.74, 6) is -0.274. The first-order chi connectivity index (χ1) is 10.6. The Balaban J connectivity index is 1.73. The monoisotopic (exact) mass is 330 g/mol. The first-order valence-electron chi connectivity index (χ1n) is 6.72. The summed E-state index contributed by atoms with van der Waals surface area (Å²) in [6, 6.07) is 8.44. The predicted octanol–water partition coefficient (Wildman–Crippen LogP) is 3.45. The largest absolute Gasteiger partial charge is 0.296 e. The number of aromatic nitrogens is 3. The number of anilines is 1. The Labute approximate surface area is 136 Å². The molecule has 0 saturated carbocycles. The van der Waals surface area contributed by atoms with Gasteiger partial charge in [0.25, 0.3) is 5.91 Å². The van der Waals surface area contributed by atoms with Crippen molar-refractivity contribution in [1.82, 2.24) is 13.7 Å². The standard InChI is InChI=1S/C15H14N4OS2/c1-9-3-5-11(6-4-9)7-13-10(2)17-15(21-13)18-14(20)12-8-16-22-19-12/h3-6,8H,7H2,1-2H3,(H,17,18,20). The van der Waals surface area contributed by atoms with E-state index in [0.29, 0.717) is 10.8 Å². The zero-order chi connectivity index (χ0) is 15.5. The van der Waals surface area contributed by atoms with Crippen molar-refractivity contribution in [1.29, 1.82) is 0 Å². The van der Waals surface area contributed by atoms with Gasteiger partial charge in [0.05, 0.1) is 23.6 Å². The van der Waals surface area contributed by atoms with Gasteiger partial charge in [-0.05, 0) is 19.4 Å². The minimum atomic E-state index is -0.274. The van der Waals surface area contributed by atoms with Gasteiger partial charge < -0.3 is 0 Å². The fourth-order valence-corrected chi connectivity index (χ4v) is 3.37. The molecule has 1 amide bonds. The molecule has 1 aromatic carbocycles. The van der Waals surface area contributed by atoms with E-state index in [1.807, 2.05) is 6.92 Å². The number of nitrogens with one attached hydrogen (secondary N) is 1. The van der Waals surface area contributed by atoms with Crippen molar-refractivity contribution in [2.75, 3.05) is 5.32 Å². The van der Waals surface area contributed by atoms with Crippen LogP contribution in [0.5, 0.6) is 0 Å². The smallest absolute Gasteiger partial charge is 0.278 e. The van der Waals surface area contributed by atoms with Gasteiger partial charge in [-0.2, -0.15) is 8.75 Å². The average Bonchev–Trinajstić information content (AvgIpc) is 3.12. The molecule has 1 N–H and O–H groups in total. The molecule has 2 heterocycles. The molecule has 0 unspecified atom stereocenters. The van der Waals surface area contributed by atoms with E-state index in [2.05, 4.69) is 50.2 Å². The molecule has 22 heavy (non-hydrogen) atoms. The third kappa shape index (κ3) is 3.37. The number of carbonyl (C=O) groups excluding carboxylic acids is 1. The Hall–Kier alpha value is -2.12. The molecule has 2 aromatic heterocycles. The Morgan fingerprint density at radius 2 is 2.00 bits per heavy atom. The van der Waals surface area contributed by atoms with Crippen molar-refractivity contribution in [2.45, 2.75) is 20.3 Å². The Morgan fingerprint density at radius 3 is 2.68 bits per heavy atom. The molecular formula is C15H14N4OS2. The lowest BCUT2D eigenvalue weighted by Crippen LogP contribution is -2.11. The summed E-state index contributed by atoms with van der Waals surface area (Å²) < 4.78 is 7.74. The lowest BCUT2D eigenvalue weighted by molar-refractivity contribution is 0.102. The molecule has 3 rings (SSSR count). The number of benzene rings is 1. The zero-order valence-electron chi connectivity index (χ0n) is 12.2. The number of hydrogen-bond donors (Lipinski definition) is 1. The molecule has 0 aliphatic heterocycles. The van der Waals surface area contributed by atoms with Gasteiger partial charge >= 0.3 is 0 Å². The van der Waals surface area contributed by atoms with Gasteiger partial charge in [-0.25, -0.2) is 4.98 Å². The summed E-state index contributed by atoms with van der Waals surface area (Å²) >= 11 is 2.51. The zero-order valence-corrected chi connectivity index (χ0v) is 13.8. The van der Waals surface area contributed by atoms with Gasteiger partial charge in [-0.1, -0.05) is 29.8 Å². The van der Waals surface area contributed by atoms with Crippen molar-refractivity contribution >= 4 is 34.1 Å². The van der Waals surface area contributed by atoms with Gasteiger partial charge in [-0.15, -0.1) is 11.3 Å². The van der Waals surface area contributed by atoms with Crippen LogP contribution < -0.4 is 5.32 Å². The third-order valence-corrected chi connectivity index (χ3v) is 4.74. The number of rotatable bonds is 4. The summed E-state index contributed by atoms with van der Waals surface area (Å²) in [6.45, 7) is 4.03. The van der Waals surface area contributed by atoms with Crippen LogP contribution >= 0.6 is 23.1 Å². The molecule has 0 bridgehead atoms. The van der Waals surface area contributed by atoms with Crippen LogP contribution in [0.2, 0.25) is 0 Å². The van der Waals surface area contributed by atoms with Crippen molar-refractivity contribution in [2.24, 2.45) is 0 Å². The van der Waals surface area contributed by atoms with Crippen molar-refractivity contribution in [3.05, 3.63) is 57.9 Å². The summed E-state index contributed by atoms with van der Waals surface area (Å²) in [5.41, 5.74) is 3.74. The van der Waals surface area contributed by atoms with E-state index in [-0.39, 0.29) is 5.91 Å². The van der Waals surface area contributed by atoms with Crippen LogP contribution in [-0.4, -0.2) is 19.6 Å². The second kappa shape index (κ2) is 6.33. The lowest BCUT2D eigenvalue weighted by atomic mass is 10.1. The number of amides is 1. The second-order valence-corrected chi connectivity index (χ2v) is 6.58.